The summed E-state index contributed by atoms with van der Waals surface area (Å²) in [6, 6.07) is 7.27. The number of hydrogen-bond donors (Lipinski definition) is 0. The van der Waals surface area contributed by atoms with Crippen LogP contribution in [0.15, 0.2) is 24.3 Å². The highest BCUT2D eigenvalue weighted by Gasteiger charge is 2.06. The molecule has 0 unspecified atom stereocenters. The lowest BCUT2D eigenvalue weighted by atomic mass is 10.3. The first-order chi connectivity index (χ1) is 6.63. The van der Waals surface area contributed by atoms with Gasteiger partial charge in [-0.05, 0) is 24.3 Å². The van der Waals surface area contributed by atoms with Gasteiger partial charge >= 0.3 is 5.97 Å². The SMILES string of the molecule is COC(=O)CN(C)c1ccc(Cl)cc1. The van der Waals surface area contributed by atoms with Crippen molar-refractivity contribution in [1.29, 1.82) is 0 Å². The summed E-state index contributed by atoms with van der Waals surface area (Å²) in [5.41, 5.74) is 0.930. The van der Waals surface area contributed by atoms with Crippen molar-refractivity contribution < 1.29 is 9.53 Å². The molecule has 0 atom stereocenters. The lowest BCUT2D eigenvalue weighted by molar-refractivity contribution is -0.138. The summed E-state index contributed by atoms with van der Waals surface area (Å²) in [5.74, 6) is -0.262. The van der Waals surface area contributed by atoms with Crippen LogP contribution in [0.2, 0.25) is 5.02 Å². The summed E-state index contributed by atoms with van der Waals surface area (Å²) < 4.78 is 4.56. The lowest BCUT2D eigenvalue weighted by Gasteiger charge is -2.17. The predicted molar refractivity (Wildman–Crippen MR) is 56.7 cm³/mol. The van der Waals surface area contributed by atoms with Crippen LogP contribution in [-0.2, 0) is 9.53 Å². The van der Waals surface area contributed by atoms with Crippen LogP contribution >= 0.6 is 11.6 Å². The molecule has 0 spiro atoms. The molecule has 1 aromatic rings. The Balaban J connectivity index is 2.65. The fraction of sp³-hybridized carbons (Fsp3) is 0.300. The maximum absolute atomic E-state index is 11.0. The molecule has 0 aliphatic rings. The number of carbonyl (C=O) groups is 1. The Bertz CT molecular complexity index is 310. The standard InChI is InChI=1S/C10H12ClNO2/c1-12(7-10(13)14-2)9-5-3-8(11)4-6-9/h3-6H,7H2,1-2H3. The van der Waals surface area contributed by atoms with Crippen LogP contribution in [0.4, 0.5) is 5.69 Å². The number of methoxy groups -OCH3 is 1. The van der Waals surface area contributed by atoms with Crippen LogP contribution in [0, 0.1) is 0 Å². The fourth-order valence-electron chi connectivity index (χ4n) is 1.05. The zero-order valence-electron chi connectivity index (χ0n) is 8.16. The Morgan fingerprint density at radius 2 is 2.00 bits per heavy atom. The number of likely N-dealkylation sites (N-methyl/N-ethyl adjacent to an activating group) is 1. The number of hydrogen-bond acceptors (Lipinski definition) is 3. The van der Waals surface area contributed by atoms with Gasteiger partial charge < -0.3 is 9.64 Å². The van der Waals surface area contributed by atoms with Crippen LogP contribution < -0.4 is 4.90 Å². The van der Waals surface area contributed by atoms with Gasteiger partial charge in [-0.1, -0.05) is 11.6 Å². The number of anilines is 1. The molecule has 0 aliphatic heterocycles. The number of ether oxygens (including phenoxy) is 1. The molecule has 1 aromatic carbocycles. The van der Waals surface area contributed by atoms with E-state index < -0.39 is 0 Å². The van der Waals surface area contributed by atoms with Crippen LogP contribution in [0.1, 0.15) is 0 Å². The van der Waals surface area contributed by atoms with Gasteiger partial charge in [0.05, 0.1) is 7.11 Å². The summed E-state index contributed by atoms with van der Waals surface area (Å²) in [5, 5.41) is 0.681. The summed E-state index contributed by atoms with van der Waals surface area (Å²) in [4.78, 5) is 12.8. The second kappa shape index (κ2) is 4.86. The molecule has 0 amide bonds. The highest BCUT2D eigenvalue weighted by Crippen LogP contribution is 2.16. The molecule has 4 heteroatoms. The largest absolute Gasteiger partial charge is 0.468 e. The van der Waals surface area contributed by atoms with E-state index in [1.165, 1.54) is 7.11 Å². The van der Waals surface area contributed by atoms with E-state index in [0.717, 1.165) is 5.69 Å². The third kappa shape index (κ3) is 2.92. The van der Waals surface area contributed by atoms with E-state index in [9.17, 15) is 4.79 Å². The van der Waals surface area contributed by atoms with E-state index >= 15 is 0 Å². The quantitative estimate of drug-likeness (QED) is 0.719. The van der Waals surface area contributed by atoms with Crippen LogP contribution in [0.5, 0.6) is 0 Å². The number of nitrogens with zero attached hydrogens (tertiary/aromatic N) is 1. The van der Waals surface area contributed by atoms with Crippen molar-refractivity contribution in [2.75, 3.05) is 25.6 Å². The maximum atomic E-state index is 11.0. The topological polar surface area (TPSA) is 29.5 Å². The molecule has 3 nitrogen and oxygen atoms in total. The van der Waals surface area contributed by atoms with E-state index in [1.807, 2.05) is 19.2 Å². The fourth-order valence-corrected chi connectivity index (χ4v) is 1.17. The minimum absolute atomic E-state index is 0.234. The summed E-state index contributed by atoms with van der Waals surface area (Å²) >= 11 is 5.74. The monoisotopic (exact) mass is 213 g/mol. The van der Waals surface area contributed by atoms with Crippen molar-refractivity contribution in [3.63, 3.8) is 0 Å². The Morgan fingerprint density at radius 1 is 1.43 bits per heavy atom. The number of carbonyl (C=O) groups excluding carboxylic acids is 1. The Labute approximate surface area is 88.2 Å². The third-order valence-electron chi connectivity index (χ3n) is 1.86. The highest BCUT2D eigenvalue weighted by atomic mass is 35.5. The van der Waals surface area contributed by atoms with Gasteiger partial charge in [0.2, 0.25) is 0 Å². The molecular weight excluding hydrogens is 202 g/mol. The van der Waals surface area contributed by atoms with Crippen LogP contribution in [-0.4, -0.2) is 26.7 Å². The average Bonchev–Trinajstić information content (AvgIpc) is 2.18. The van der Waals surface area contributed by atoms with Gasteiger partial charge in [-0.3, -0.25) is 4.79 Å². The van der Waals surface area contributed by atoms with E-state index in [1.54, 1.807) is 17.0 Å². The molecule has 76 valence electrons. The molecule has 1 rings (SSSR count). The Morgan fingerprint density at radius 3 is 2.50 bits per heavy atom. The molecule has 0 aliphatic carbocycles. The van der Waals surface area contributed by atoms with Crippen molar-refractivity contribution in [3.8, 4) is 0 Å². The maximum Gasteiger partial charge on any atom is 0.325 e. The minimum atomic E-state index is -0.262. The summed E-state index contributed by atoms with van der Waals surface area (Å²) in [6.45, 7) is 0.234. The van der Waals surface area contributed by atoms with Crippen molar-refractivity contribution in [1.82, 2.24) is 0 Å². The molecule has 0 N–H and O–H groups in total. The number of esters is 1. The molecule has 0 saturated heterocycles. The summed E-state index contributed by atoms with van der Waals surface area (Å²) in [6.07, 6.45) is 0. The third-order valence-corrected chi connectivity index (χ3v) is 2.11. The van der Waals surface area contributed by atoms with E-state index in [2.05, 4.69) is 4.74 Å². The molecular formula is C10H12ClNO2. The van der Waals surface area contributed by atoms with E-state index in [-0.39, 0.29) is 12.5 Å². The first-order valence-electron chi connectivity index (χ1n) is 4.17. The van der Waals surface area contributed by atoms with Gasteiger partial charge in [-0.2, -0.15) is 0 Å². The molecule has 14 heavy (non-hydrogen) atoms. The predicted octanol–water partition coefficient (Wildman–Crippen LogP) is 1.95. The second-order valence-electron chi connectivity index (χ2n) is 2.91. The average molecular weight is 214 g/mol. The van der Waals surface area contributed by atoms with Gasteiger partial charge in [0.25, 0.3) is 0 Å². The van der Waals surface area contributed by atoms with Crippen molar-refractivity contribution in [2.45, 2.75) is 0 Å². The van der Waals surface area contributed by atoms with Crippen molar-refractivity contribution >= 4 is 23.3 Å². The molecule has 0 fully saturated rings. The second-order valence-corrected chi connectivity index (χ2v) is 3.35. The molecule has 0 aromatic heterocycles. The van der Waals surface area contributed by atoms with E-state index in [0.29, 0.717) is 5.02 Å². The zero-order valence-corrected chi connectivity index (χ0v) is 8.91. The summed E-state index contributed by atoms with van der Waals surface area (Å²) in [7, 11) is 3.19. The van der Waals surface area contributed by atoms with Gasteiger partial charge in [-0.15, -0.1) is 0 Å². The van der Waals surface area contributed by atoms with Gasteiger partial charge in [0.15, 0.2) is 0 Å². The molecule has 0 heterocycles. The molecule has 0 saturated carbocycles. The number of rotatable bonds is 3. The van der Waals surface area contributed by atoms with Crippen LogP contribution in [0.25, 0.3) is 0 Å². The van der Waals surface area contributed by atoms with E-state index in [4.69, 9.17) is 11.6 Å². The van der Waals surface area contributed by atoms with Crippen molar-refractivity contribution in [3.05, 3.63) is 29.3 Å². The Hall–Kier alpha value is -1.22. The van der Waals surface area contributed by atoms with Crippen molar-refractivity contribution in [2.24, 2.45) is 0 Å². The minimum Gasteiger partial charge on any atom is -0.468 e. The number of halogens is 1. The molecule has 0 bridgehead atoms. The number of benzene rings is 1. The van der Waals surface area contributed by atoms with Gasteiger partial charge in [0.1, 0.15) is 6.54 Å². The zero-order chi connectivity index (χ0) is 10.6. The molecule has 0 radical (unpaired) electrons. The van der Waals surface area contributed by atoms with Gasteiger partial charge in [0, 0.05) is 17.8 Å². The smallest absolute Gasteiger partial charge is 0.325 e. The highest BCUT2D eigenvalue weighted by molar-refractivity contribution is 6.30. The normalized spacial score (nSPS) is 9.64. The first-order valence-corrected chi connectivity index (χ1v) is 4.55. The Kier molecular flexibility index (Phi) is 3.77. The first kappa shape index (κ1) is 10.9. The van der Waals surface area contributed by atoms with Gasteiger partial charge in [-0.25, -0.2) is 0 Å². The lowest BCUT2D eigenvalue weighted by Crippen LogP contribution is -2.26. The van der Waals surface area contributed by atoms with Crippen LogP contribution in [0.3, 0.4) is 0 Å².